The number of hydrogen-bond donors (Lipinski definition) is 3. The Kier molecular flexibility index (Phi) is 9.32. The second kappa shape index (κ2) is 12.8. The predicted molar refractivity (Wildman–Crippen MR) is 166 cm³/mol. The van der Waals surface area contributed by atoms with E-state index in [0.717, 1.165) is 42.8 Å². The Hall–Kier alpha value is -2.85. The van der Waals surface area contributed by atoms with Crippen molar-refractivity contribution in [2.24, 2.45) is 11.8 Å². The van der Waals surface area contributed by atoms with Crippen LogP contribution in [0.2, 0.25) is 5.02 Å². The summed E-state index contributed by atoms with van der Waals surface area (Å²) in [5.41, 5.74) is 3.16. The van der Waals surface area contributed by atoms with Crippen LogP contribution in [0.4, 0.5) is 5.69 Å². The minimum Gasteiger partial charge on any atom is -0.490 e. The lowest BCUT2D eigenvalue weighted by atomic mass is 9.68. The maximum atomic E-state index is 13.1. The van der Waals surface area contributed by atoms with Gasteiger partial charge in [-0.25, -0.2) is 4.72 Å². The average molecular weight is 614 g/mol. The Labute approximate surface area is 254 Å². The number of nitrogens with zero attached hydrogens (tertiary/aromatic N) is 1. The fraction of sp³-hybridized carbons (Fsp3) is 0.469. The van der Waals surface area contributed by atoms with Crippen LogP contribution in [0.5, 0.6) is 5.75 Å². The number of carbonyl (C=O) groups is 1. The maximum Gasteiger partial charge on any atom is 0.301 e. The fourth-order valence-corrected chi connectivity index (χ4v) is 7.70. The topological polar surface area (TPSA) is 108 Å². The molecule has 0 unspecified atom stereocenters. The summed E-state index contributed by atoms with van der Waals surface area (Å²) in [6, 6.07) is 11.2. The lowest BCUT2D eigenvalue weighted by Gasteiger charge is -2.45. The van der Waals surface area contributed by atoms with Gasteiger partial charge in [-0.3, -0.25) is 4.79 Å². The van der Waals surface area contributed by atoms with Crippen molar-refractivity contribution < 1.29 is 23.1 Å². The van der Waals surface area contributed by atoms with Crippen molar-refractivity contribution in [2.75, 3.05) is 31.1 Å². The average Bonchev–Trinajstić information content (AvgIpc) is 3.10. The third-order valence-corrected chi connectivity index (χ3v) is 10.3. The smallest absolute Gasteiger partial charge is 0.301 e. The first-order valence-corrected chi connectivity index (χ1v) is 16.5. The summed E-state index contributed by atoms with van der Waals surface area (Å²) in [5, 5.41) is 11.3. The summed E-state index contributed by atoms with van der Waals surface area (Å²) >= 11 is 6.37. The second-order valence-electron chi connectivity index (χ2n) is 11.8. The molecule has 0 aromatic heterocycles. The molecule has 1 saturated carbocycles. The Morgan fingerprint density at radius 1 is 1.24 bits per heavy atom. The number of aryl methyl sites for hydroxylation is 1. The van der Waals surface area contributed by atoms with Crippen LogP contribution < -0.4 is 19.1 Å². The summed E-state index contributed by atoms with van der Waals surface area (Å²) in [7, 11) is -4.02. The van der Waals surface area contributed by atoms with Crippen molar-refractivity contribution >= 4 is 33.4 Å². The molecule has 1 heterocycles. The minimum atomic E-state index is -4.02. The van der Waals surface area contributed by atoms with Crippen LogP contribution in [0.1, 0.15) is 60.0 Å². The number of allylic oxidation sites excluding steroid dienone is 1. The van der Waals surface area contributed by atoms with Crippen LogP contribution >= 0.6 is 11.6 Å². The number of hydrogen-bond acceptors (Lipinski definition) is 6. The van der Waals surface area contributed by atoms with E-state index in [1.54, 1.807) is 30.4 Å². The molecule has 2 aromatic rings. The van der Waals surface area contributed by atoms with Crippen LogP contribution in [0, 0.1) is 11.8 Å². The zero-order valence-corrected chi connectivity index (χ0v) is 25.4. The second-order valence-corrected chi connectivity index (χ2v) is 13.7. The number of nitrogens with one attached hydrogen (secondary N) is 2. The van der Waals surface area contributed by atoms with E-state index in [1.165, 1.54) is 11.1 Å². The van der Waals surface area contributed by atoms with Crippen LogP contribution in [0.25, 0.3) is 0 Å². The Morgan fingerprint density at radius 2 is 2.07 bits per heavy atom. The molecule has 1 fully saturated rings. The van der Waals surface area contributed by atoms with Gasteiger partial charge in [0.2, 0.25) is 0 Å². The number of fused-ring (bicyclic) bond motifs is 3. The molecule has 0 saturated heterocycles. The number of unbranched alkanes of at least 4 members (excludes halogenated alkanes) is 1. The van der Waals surface area contributed by atoms with E-state index in [1.807, 2.05) is 6.07 Å². The highest BCUT2D eigenvalue weighted by atomic mass is 35.5. The van der Waals surface area contributed by atoms with Crippen LogP contribution in [-0.4, -0.2) is 51.8 Å². The van der Waals surface area contributed by atoms with Gasteiger partial charge in [-0.1, -0.05) is 29.8 Å². The highest BCUT2D eigenvalue weighted by molar-refractivity contribution is 7.88. The van der Waals surface area contributed by atoms with Gasteiger partial charge < -0.3 is 14.7 Å². The number of rotatable bonds is 11. The Bertz CT molecular complexity index is 1450. The normalized spacial score (nSPS) is 23.9. The van der Waals surface area contributed by atoms with Gasteiger partial charge in [0.15, 0.2) is 0 Å². The van der Waals surface area contributed by atoms with Gasteiger partial charge in [0.05, 0.1) is 18.4 Å². The number of carbonyl (C=O) groups excluding carboxylic acids is 1. The van der Waals surface area contributed by atoms with E-state index in [-0.39, 0.29) is 29.4 Å². The van der Waals surface area contributed by atoms with Crippen molar-refractivity contribution in [1.82, 2.24) is 9.44 Å². The number of ether oxygens (including phenoxy) is 1. The van der Waals surface area contributed by atoms with Crippen molar-refractivity contribution in [1.29, 1.82) is 0 Å². The number of aliphatic hydroxyl groups excluding tert-OH is 1. The highest BCUT2D eigenvalue weighted by Crippen LogP contribution is 2.46. The van der Waals surface area contributed by atoms with Gasteiger partial charge in [0.25, 0.3) is 5.91 Å². The summed E-state index contributed by atoms with van der Waals surface area (Å²) in [4.78, 5) is 15.4. The van der Waals surface area contributed by atoms with Crippen molar-refractivity contribution in [3.63, 3.8) is 0 Å². The molecule has 10 heteroatoms. The third kappa shape index (κ3) is 6.54. The molecule has 3 aliphatic rings. The zero-order valence-electron chi connectivity index (χ0n) is 23.9. The molecule has 226 valence electrons. The lowest BCUT2D eigenvalue weighted by molar-refractivity contribution is 0.0460. The molecule has 0 radical (unpaired) electrons. The number of halogens is 1. The molecule has 1 aliphatic heterocycles. The van der Waals surface area contributed by atoms with Crippen molar-refractivity contribution in [3.05, 3.63) is 83.4 Å². The number of aliphatic hydroxyl groups is 1. The summed E-state index contributed by atoms with van der Waals surface area (Å²) in [6.07, 6.45) is 8.83. The summed E-state index contributed by atoms with van der Waals surface area (Å²) in [5.74, 6) is 0.295. The fourth-order valence-electron chi connectivity index (χ4n) is 6.65. The van der Waals surface area contributed by atoms with E-state index in [0.29, 0.717) is 38.3 Å². The Morgan fingerprint density at radius 3 is 2.81 bits per heavy atom. The van der Waals surface area contributed by atoms with Crippen LogP contribution in [-0.2, 0) is 22.0 Å². The van der Waals surface area contributed by atoms with E-state index in [4.69, 9.17) is 16.3 Å². The highest BCUT2D eigenvalue weighted by Gasteiger charge is 2.44. The summed E-state index contributed by atoms with van der Waals surface area (Å²) in [6.45, 7) is 9.43. The largest absolute Gasteiger partial charge is 0.490 e. The molecule has 1 amide bonds. The molecule has 8 nitrogen and oxygen atoms in total. The van der Waals surface area contributed by atoms with E-state index >= 15 is 0 Å². The Balaban J connectivity index is 1.45. The molecule has 2 aliphatic carbocycles. The number of anilines is 1. The summed E-state index contributed by atoms with van der Waals surface area (Å²) < 4.78 is 36.0. The van der Waals surface area contributed by atoms with Gasteiger partial charge in [-0.05, 0) is 98.2 Å². The van der Waals surface area contributed by atoms with Crippen LogP contribution in [0.3, 0.4) is 0 Å². The molecule has 42 heavy (non-hydrogen) atoms. The number of amides is 1. The van der Waals surface area contributed by atoms with E-state index in [9.17, 15) is 18.3 Å². The first kappa shape index (κ1) is 30.6. The predicted octanol–water partition coefficient (Wildman–Crippen LogP) is 4.92. The molecular weight excluding hydrogens is 574 g/mol. The zero-order chi connectivity index (χ0) is 29.9. The molecule has 2 aromatic carbocycles. The lowest BCUT2D eigenvalue weighted by Crippen LogP contribution is -2.49. The molecule has 4 atom stereocenters. The SMILES string of the molecule is C=CCCCNS(=O)(=O)NC(=O)c1ccc2c(c1)N(C[C@@H]1CC[C@H]1[C@@H](O)C=C)C[C@@]1(CCCc3cc(Cl)ccc31)CO2. The molecule has 0 bridgehead atoms. The first-order valence-electron chi connectivity index (χ1n) is 14.7. The van der Waals surface area contributed by atoms with E-state index < -0.39 is 22.2 Å². The first-order chi connectivity index (χ1) is 20.1. The van der Waals surface area contributed by atoms with Gasteiger partial charge in [0, 0.05) is 35.6 Å². The molecule has 5 rings (SSSR count). The van der Waals surface area contributed by atoms with Crippen molar-refractivity contribution in [3.8, 4) is 5.75 Å². The molecule has 1 spiro atoms. The quantitative estimate of drug-likeness (QED) is 0.245. The monoisotopic (exact) mass is 613 g/mol. The van der Waals surface area contributed by atoms with Crippen molar-refractivity contribution in [2.45, 2.75) is 56.5 Å². The van der Waals surface area contributed by atoms with Gasteiger partial charge >= 0.3 is 10.2 Å². The van der Waals surface area contributed by atoms with E-state index in [2.05, 4.69) is 39.6 Å². The standard InChI is InChI=1S/C32H40ClN3O5S/c1-3-5-6-16-34-42(39,40)35-31(38)23-10-14-30-28(18-23)36(19-24-9-12-26(24)29(37)4-2)20-32(21-41-30)15-7-8-22-17-25(33)11-13-27(22)32/h3-4,10-11,13-14,17-18,24,26,29,34,37H,1-2,5-9,12,15-16,19-21H2,(H,35,38)/t24-,26+,29-,32-/m0/s1. The van der Waals surface area contributed by atoms with Gasteiger partial charge in [-0.2, -0.15) is 13.1 Å². The van der Waals surface area contributed by atoms with Gasteiger partial charge in [0.1, 0.15) is 5.75 Å². The molecule has 3 N–H and O–H groups in total. The minimum absolute atomic E-state index is 0.118. The maximum absolute atomic E-state index is 13.1. The van der Waals surface area contributed by atoms with Crippen LogP contribution in [0.15, 0.2) is 61.7 Å². The third-order valence-electron chi connectivity index (χ3n) is 9.01. The number of benzene rings is 2. The molecular formula is C32H40ClN3O5S. The van der Waals surface area contributed by atoms with Gasteiger partial charge in [-0.15, -0.1) is 13.2 Å².